The summed E-state index contributed by atoms with van der Waals surface area (Å²) in [6.45, 7) is 9.03. The van der Waals surface area contributed by atoms with Gasteiger partial charge in [-0.3, -0.25) is 4.79 Å². The summed E-state index contributed by atoms with van der Waals surface area (Å²) < 4.78 is 0. The molecule has 0 bridgehead atoms. The number of nitrogens with one attached hydrogen (secondary N) is 1. The van der Waals surface area contributed by atoms with Crippen molar-refractivity contribution in [2.75, 3.05) is 19.6 Å². The maximum Gasteiger partial charge on any atom is 0.254 e. The second-order valence-electron chi connectivity index (χ2n) is 5.39. The molecule has 0 spiro atoms. The van der Waals surface area contributed by atoms with Crippen LogP contribution >= 0.6 is 0 Å². The molecule has 1 atom stereocenters. The lowest BCUT2D eigenvalue weighted by molar-refractivity contribution is 0.0691. The van der Waals surface area contributed by atoms with Gasteiger partial charge in [-0.1, -0.05) is 19.1 Å². The first-order valence-corrected chi connectivity index (χ1v) is 7.23. The Morgan fingerprint density at radius 1 is 1.42 bits per heavy atom. The summed E-state index contributed by atoms with van der Waals surface area (Å²) in [4.78, 5) is 14.9. The van der Waals surface area contributed by atoms with E-state index in [-0.39, 0.29) is 5.91 Å². The van der Waals surface area contributed by atoms with Gasteiger partial charge >= 0.3 is 0 Å². The van der Waals surface area contributed by atoms with Crippen LogP contribution in [0.2, 0.25) is 0 Å². The molecule has 1 aliphatic rings. The van der Waals surface area contributed by atoms with Gasteiger partial charge in [-0.2, -0.15) is 0 Å². The first kappa shape index (κ1) is 14.1. The molecule has 0 aliphatic carbocycles. The van der Waals surface area contributed by atoms with E-state index in [4.69, 9.17) is 0 Å². The van der Waals surface area contributed by atoms with E-state index in [1.54, 1.807) is 0 Å². The van der Waals surface area contributed by atoms with Gasteiger partial charge in [0.05, 0.1) is 0 Å². The fraction of sp³-hybridized carbons (Fsp3) is 0.562. The molecule has 1 amide bonds. The van der Waals surface area contributed by atoms with Crippen molar-refractivity contribution < 1.29 is 4.79 Å². The first-order chi connectivity index (χ1) is 9.15. The average Bonchev–Trinajstić information content (AvgIpc) is 2.92. The second-order valence-corrected chi connectivity index (χ2v) is 5.39. The molecule has 1 fully saturated rings. The predicted molar refractivity (Wildman–Crippen MR) is 78.5 cm³/mol. The van der Waals surface area contributed by atoms with Gasteiger partial charge < -0.3 is 10.2 Å². The highest BCUT2D eigenvalue weighted by Crippen LogP contribution is 2.18. The smallest absolute Gasteiger partial charge is 0.254 e. The highest BCUT2D eigenvalue weighted by atomic mass is 16.2. The minimum atomic E-state index is 0.191. The van der Waals surface area contributed by atoms with Crippen LogP contribution in [-0.4, -0.2) is 36.5 Å². The third-order valence-corrected chi connectivity index (χ3v) is 4.04. The van der Waals surface area contributed by atoms with E-state index in [1.807, 2.05) is 19.1 Å². The molecule has 3 nitrogen and oxygen atoms in total. The maximum atomic E-state index is 12.8. The van der Waals surface area contributed by atoms with Crippen molar-refractivity contribution in [3.63, 3.8) is 0 Å². The van der Waals surface area contributed by atoms with Gasteiger partial charge in [0.25, 0.3) is 5.91 Å². The van der Waals surface area contributed by atoms with Gasteiger partial charge in [0.15, 0.2) is 0 Å². The minimum Gasteiger partial charge on any atom is -0.334 e. The lowest BCUT2D eigenvalue weighted by Crippen LogP contribution is -2.42. The van der Waals surface area contributed by atoms with Crippen LogP contribution in [-0.2, 0) is 0 Å². The molecule has 1 N–H and O–H groups in total. The van der Waals surface area contributed by atoms with Crippen molar-refractivity contribution in [3.05, 3.63) is 34.9 Å². The number of amides is 1. The summed E-state index contributed by atoms with van der Waals surface area (Å²) in [6.07, 6.45) is 2.07. The molecule has 1 aliphatic heterocycles. The van der Waals surface area contributed by atoms with Crippen LogP contribution in [0.4, 0.5) is 0 Å². The number of carbonyl (C=O) groups excluding carboxylic acids is 1. The molecule has 1 aromatic rings. The van der Waals surface area contributed by atoms with Gasteiger partial charge in [0, 0.05) is 24.7 Å². The van der Waals surface area contributed by atoms with Gasteiger partial charge in [0.1, 0.15) is 0 Å². The molecular weight excluding hydrogens is 236 g/mol. The molecular formula is C16H24N2O. The molecule has 19 heavy (non-hydrogen) atoms. The normalized spacial score (nSPS) is 18.6. The SMILES string of the molecule is CCCN(C(=O)c1cccc(C)c1C)C1CCNC1. The van der Waals surface area contributed by atoms with Crippen LogP contribution < -0.4 is 5.32 Å². The van der Waals surface area contributed by atoms with E-state index in [1.165, 1.54) is 5.56 Å². The van der Waals surface area contributed by atoms with E-state index in [2.05, 4.69) is 30.1 Å². The summed E-state index contributed by atoms with van der Waals surface area (Å²) in [7, 11) is 0. The second kappa shape index (κ2) is 6.20. The molecule has 2 rings (SSSR count). The van der Waals surface area contributed by atoms with E-state index in [9.17, 15) is 4.79 Å². The first-order valence-electron chi connectivity index (χ1n) is 7.23. The van der Waals surface area contributed by atoms with E-state index < -0.39 is 0 Å². The molecule has 0 saturated carbocycles. The maximum absolute atomic E-state index is 12.8. The average molecular weight is 260 g/mol. The Morgan fingerprint density at radius 3 is 2.84 bits per heavy atom. The van der Waals surface area contributed by atoms with Crippen LogP contribution in [0.3, 0.4) is 0 Å². The summed E-state index contributed by atoms with van der Waals surface area (Å²) in [5, 5.41) is 3.35. The summed E-state index contributed by atoms with van der Waals surface area (Å²) >= 11 is 0. The van der Waals surface area contributed by atoms with Crippen molar-refractivity contribution in [1.82, 2.24) is 10.2 Å². The topological polar surface area (TPSA) is 32.3 Å². The molecule has 1 aromatic carbocycles. The van der Waals surface area contributed by atoms with Crippen molar-refractivity contribution in [3.8, 4) is 0 Å². The largest absolute Gasteiger partial charge is 0.334 e. The number of aryl methyl sites for hydroxylation is 1. The van der Waals surface area contributed by atoms with Crippen LogP contribution in [0.25, 0.3) is 0 Å². The highest BCUT2D eigenvalue weighted by Gasteiger charge is 2.27. The molecule has 1 unspecified atom stereocenters. The highest BCUT2D eigenvalue weighted by molar-refractivity contribution is 5.96. The van der Waals surface area contributed by atoms with Gasteiger partial charge in [0.2, 0.25) is 0 Å². The van der Waals surface area contributed by atoms with Crippen molar-refractivity contribution in [1.29, 1.82) is 0 Å². The van der Waals surface area contributed by atoms with Gasteiger partial charge in [-0.15, -0.1) is 0 Å². The van der Waals surface area contributed by atoms with E-state index in [0.29, 0.717) is 6.04 Å². The fourth-order valence-corrected chi connectivity index (χ4v) is 2.73. The Morgan fingerprint density at radius 2 is 2.21 bits per heavy atom. The van der Waals surface area contributed by atoms with Gasteiger partial charge in [-0.25, -0.2) is 0 Å². The summed E-state index contributed by atoms with van der Waals surface area (Å²) in [5.74, 6) is 0.191. The zero-order valence-corrected chi connectivity index (χ0v) is 12.2. The third kappa shape index (κ3) is 2.98. The molecule has 0 aromatic heterocycles. The lowest BCUT2D eigenvalue weighted by atomic mass is 10.0. The number of hydrogen-bond donors (Lipinski definition) is 1. The zero-order chi connectivity index (χ0) is 13.8. The number of nitrogens with zero attached hydrogens (tertiary/aromatic N) is 1. The molecule has 104 valence electrons. The van der Waals surface area contributed by atoms with Crippen molar-refractivity contribution >= 4 is 5.91 Å². The Kier molecular flexibility index (Phi) is 4.59. The predicted octanol–water partition coefficient (Wildman–Crippen LogP) is 2.52. The Bertz CT molecular complexity index is 450. The van der Waals surface area contributed by atoms with Crippen LogP contribution in [0.1, 0.15) is 41.3 Å². The Hall–Kier alpha value is -1.35. The molecule has 1 heterocycles. The minimum absolute atomic E-state index is 0.191. The third-order valence-electron chi connectivity index (χ3n) is 4.04. The van der Waals surface area contributed by atoms with Gasteiger partial charge in [-0.05, 0) is 50.4 Å². The van der Waals surface area contributed by atoms with Crippen LogP contribution in [0, 0.1) is 13.8 Å². The zero-order valence-electron chi connectivity index (χ0n) is 12.2. The summed E-state index contributed by atoms with van der Waals surface area (Å²) in [5.41, 5.74) is 3.16. The molecule has 1 saturated heterocycles. The number of benzene rings is 1. The summed E-state index contributed by atoms with van der Waals surface area (Å²) in [6, 6.07) is 6.35. The number of rotatable bonds is 4. The van der Waals surface area contributed by atoms with Crippen molar-refractivity contribution in [2.45, 2.75) is 39.7 Å². The van der Waals surface area contributed by atoms with E-state index >= 15 is 0 Å². The monoisotopic (exact) mass is 260 g/mol. The van der Waals surface area contributed by atoms with Crippen LogP contribution in [0.15, 0.2) is 18.2 Å². The van der Waals surface area contributed by atoms with Crippen LogP contribution in [0.5, 0.6) is 0 Å². The van der Waals surface area contributed by atoms with Crippen molar-refractivity contribution in [2.24, 2.45) is 0 Å². The number of hydrogen-bond acceptors (Lipinski definition) is 2. The molecule has 3 heteroatoms. The molecule has 0 radical (unpaired) electrons. The lowest BCUT2D eigenvalue weighted by Gasteiger charge is -2.29. The fourth-order valence-electron chi connectivity index (χ4n) is 2.73. The Labute approximate surface area is 116 Å². The standard InChI is InChI=1S/C16H24N2O/c1-4-10-18(14-8-9-17-11-14)16(19)15-7-5-6-12(2)13(15)3/h5-7,14,17H,4,8-11H2,1-3H3. The van der Waals surface area contributed by atoms with E-state index in [0.717, 1.165) is 43.6 Å². The number of carbonyl (C=O) groups is 1. The Balaban J connectivity index is 2.25. The quantitative estimate of drug-likeness (QED) is 0.902.